The van der Waals surface area contributed by atoms with Crippen molar-refractivity contribution in [3.63, 3.8) is 0 Å². The maximum Gasteiger partial charge on any atom is 0.326 e. The Bertz CT molecular complexity index is 332. The summed E-state index contributed by atoms with van der Waals surface area (Å²) in [5.74, 6) is -1.72. The number of aliphatic hydroxyl groups is 1. The number of furan rings is 1. The number of aliphatic hydroxyl groups excluding tert-OH is 1. The van der Waals surface area contributed by atoms with Gasteiger partial charge >= 0.3 is 5.97 Å². The van der Waals surface area contributed by atoms with E-state index in [1.807, 2.05) is 0 Å². The molecule has 1 rings (SSSR count). The second-order valence-electron chi connectivity index (χ2n) is 2.89. The summed E-state index contributed by atoms with van der Waals surface area (Å²) >= 11 is 0. The molecule has 0 aliphatic carbocycles. The average Bonchev–Trinajstić information content (AvgIpc) is 2.69. The van der Waals surface area contributed by atoms with Gasteiger partial charge in [-0.2, -0.15) is 0 Å². The van der Waals surface area contributed by atoms with Crippen LogP contribution in [0.25, 0.3) is 0 Å². The maximum absolute atomic E-state index is 11.4. The molecule has 0 aliphatic heterocycles. The van der Waals surface area contributed by atoms with Crippen LogP contribution in [0.4, 0.5) is 0 Å². The Hall–Kier alpha value is -1.82. The minimum atomic E-state index is -1.18. The first kappa shape index (κ1) is 11.3. The quantitative estimate of drug-likeness (QED) is 0.631. The summed E-state index contributed by atoms with van der Waals surface area (Å²) < 4.78 is 4.68. The lowest BCUT2D eigenvalue weighted by Gasteiger charge is -2.11. The number of carbonyl (C=O) groups is 2. The Labute approximate surface area is 85.5 Å². The van der Waals surface area contributed by atoms with Crippen LogP contribution in [0.1, 0.15) is 16.8 Å². The fourth-order valence-corrected chi connectivity index (χ4v) is 1.02. The van der Waals surface area contributed by atoms with Crippen molar-refractivity contribution in [3.8, 4) is 0 Å². The summed E-state index contributed by atoms with van der Waals surface area (Å²) in [6.45, 7) is -0.303. The van der Waals surface area contributed by atoms with E-state index in [0.29, 0.717) is 0 Å². The first-order valence-electron chi connectivity index (χ1n) is 4.32. The van der Waals surface area contributed by atoms with Gasteiger partial charge in [0, 0.05) is 13.0 Å². The van der Waals surface area contributed by atoms with Crippen LogP contribution in [0, 0.1) is 0 Å². The number of rotatable bonds is 5. The summed E-state index contributed by atoms with van der Waals surface area (Å²) in [6, 6.07) is 0.338. The van der Waals surface area contributed by atoms with Crippen LogP contribution in [-0.2, 0) is 4.79 Å². The van der Waals surface area contributed by atoms with Crippen LogP contribution in [-0.4, -0.2) is 34.7 Å². The minimum Gasteiger partial charge on any atom is -0.480 e. The molecule has 0 bridgehead atoms. The summed E-state index contributed by atoms with van der Waals surface area (Å²) in [6.07, 6.45) is 2.50. The Kier molecular flexibility index (Phi) is 3.87. The molecule has 1 atom stereocenters. The third kappa shape index (κ3) is 3.10. The number of carboxylic acids is 1. The molecule has 1 unspecified atom stereocenters. The van der Waals surface area contributed by atoms with Gasteiger partial charge < -0.3 is 19.9 Å². The van der Waals surface area contributed by atoms with E-state index in [1.165, 1.54) is 18.6 Å². The summed E-state index contributed by atoms with van der Waals surface area (Å²) in [7, 11) is 0. The average molecular weight is 213 g/mol. The van der Waals surface area contributed by atoms with Gasteiger partial charge in [0.1, 0.15) is 12.3 Å². The van der Waals surface area contributed by atoms with Gasteiger partial charge in [-0.05, 0) is 6.07 Å². The zero-order valence-electron chi connectivity index (χ0n) is 7.84. The van der Waals surface area contributed by atoms with Gasteiger partial charge in [-0.1, -0.05) is 0 Å². The van der Waals surface area contributed by atoms with Crippen LogP contribution in [0.15, 0.2) is 23.0 Å². The largest absolute Gasteiger partial charge is 0.480 e. The highest BCUT2D eigenvalue weighted by Crippen LogP contribution is 2.01. The Balaban J connectivity index is 2.59. The number of aliphatic carboxylic acids is 1. The van der Waals surface area contributed by atoms with Crippen molar-refractivity contribution < 1.29 is 24.2 Å². The lowest BCUT2D eigenvalue weighted by atomic mass is 10.2. The molecule has 0 saturated carbocycles. The van der Waals surface area contributed by atoms with Crippen LogP contribution >= 0.6 is 0 Å². The van der Waals surface area contributed by atoms with Crippen LogP contribution in [0.5, 0.6) is 0 Å². The molecule has 0 radical (unpaired) electrons. The molecule has 15 heavy (non-hydrogen) atoms. The molecule has 0 fully saturated rings. The predicted molar refractivity (Wildman–Crippen MR) is 49.3 cm³/mol. The monoisotopic (exact) mass is 213 g/mol. The van der Waals surface area contributed by atoms with Gasteiger partial charge in [0.15, 0.2) is 0 Å². The van der Waals surface area contributed by atoms with E-state index < -0.39 is 17.9 Å². The summed E-state index contributed by atoms with van der Waals surface area (Å²) in [5, 5.41) is 19.6. The third-order valence-electron chi connectivity index (χ3n) is 1.80. The SMILES string of the molecule is O=C(NC(CCO)C(=O)O)c1ccoc1. The topological polar surface area (TPSA) is 99.8 Å². The van der Waals surface area contributed by atoms with Gasteiger partial charge in [-0.15, -0.1) is 0 Å². The fraction of sp³-hybridized carbons (Fsp3) is 0.333. The molecule has 6 heteroatoms. The number of nitrogens with one attached hydrogen (secondary N) is 1. The van der Waals surface area contributed by atoms with E-state index in [0.717, 1.165) is 0 Å². The molecule has 1 aromatic heterocycles. The van der Waals surface area contributed by atoms with Gasteiger partial charge in [-0.3, -0.25) is 4.79 Å². The van der Waals surface area contributed by atoms with E-state index >= 15 is 0 Å². The Morgan fingerprint density at radius 1 is 1.53 bits per heavy atom. The molecule has 0 aromatic carbocycles. The molecule has 1 amide bonds. The molecular weight excluding hydrogens is 202 g/mol. The lowest BCUT2D eigenvalue weighted by Crippen LogP contribution is -2.41. The zero-order valence-corrected chi connectivity index (χ0v) is 7.84. The molecule has 6 nitrogen and oxygen atoms in total. The van der Waals surface area contributed by atoms with Crippen LogP contribution in [0.2, 0.25) is 0 Å². The van der Waals surface area contributed by atoms with E-state index in [-0.39, 0.29) is 18.6 Å². The van der Waals surface area contributed by atoms with Crippen molar-refractivity contribution in [3.05, 3.63) is 24.2 Å². The van der Waals surface area contributed by atoms with Gasteiger partial charge in [0.25, 0.3) is 5.91 Å². The number of amides is 1. The molecule has 82 valence electrons. The van der Waals surface area contributed by atoms with Crippen molar-refractivity contribution in [2.45, 2.75) is 12.5 Å². The smallest absolute Gasteiger partial charge is 0.326 e. The van der Waals surface area contributed by atoms with Gasteiger partial charge in [0.05, 0.1) is 11.8 Å². The number of hydrogen-bond donors (Lipinski definition) is 3. The molecule has 0 spiro atoms. The Morgan fingerprint density at radius 3 is 2.73 bits per heavy atom. The van der Waals surface area contributed by atoms with E-state index in [1.54, 1.807) is 0 Å². The van der Waals surface area contributed by atoms with Crippen molar-refractivity contribution >= 4 is 11.9 Å². The molecule has 1 heterocycles. The first-order valence-corrected chi connectivity index (χ1v) is 4.32. The molecule has 0 saturated heterocycles. The van der Waals surface area contributed by atoms with Crippen LogP contribution in [0.3, 0.4) is 0 Å². The number of carbonyl (C=O) groups excluding carboxylic acids is 1. The van der Waals surface area contributed by atoms with Gasteiger partial charge in [0.2, 0.25) is 0 Å². The highest BCUT2D eigenvalue weighted by atomic mass is 16.4. The van der Waals surface area contributed by atoms with Gasteiger partial charge in [-0.25, -0.2) is 4.79 Å². The summed E-state index contributed by atoms with van der Waals surface area (Å²) in [4.78, 5) is 22.0. The minimum absolute atomic E-state index is 0.0288. The molecule has 3 N–H and O–H groups in total. The van der Waals surface area contributed by atoms with Crippen molar-refractivity contribution in [1.82, 2.24) is 5.32 Å². The van der Waals surface area contributed by atoms with E-state index in [9.17, 15) is 9.59 Å². The second-order valence-corrected chi connectivity index (χ2v) is 2.89. The first-order chi connectivity index (χ1) is 7.15. The van der Waals surface area contributed by atoms with E-state index in [2.05, 4.69) is 9.73 Å². The van der Waals surface area contributed by atoms with Crippen molar-refractivity contribution in [1.29, 1.82) is 0 Å². The van der Waals surface area contributed by atoms with Crippen LogP contribution < -0.4 is 5.32 Å². The fourth-order valence-electron chi connectivity index (χ4n) is 1.02. The predicted octanol–water partition coefficient (Wildman–Crippen LogP) is -0.155. The number of carboxylic acid groups (broad SMARTS) is 1. The highest BCUT2D eigenvalue weighted by molar-refractivity contribution is 5.96. The lowest BCUT2D eigenvalue weighted by molar-refractivity contribution is -0.139. The standard InChI is InChI=1S/C9H11NO5/c11-3-1-7(9(13)14)10-8(12)6-2-4-15-5-6/h2,4-5,7,11H,1,3H2,(H,10,12)(H,13,14). The van der Waals surface area contributed by atoms with Crippen molar-refractivity contribution in [2.24, 2.45) is 0 Å². The molecule has 0 aliphatic rings. The maximum atomic E-state index is 11.4. The zero-order chi connectivity index (χ0) is 11.3. The molecule has 1 aromatic rings. The second kappa shape index (κ2) is 5.16. The highest BCUT2D eigenvalue weighted by Gasteiger charge is 2.20. The number of hydrogen-bond acceptors (Lipinski definition) is 4. The molecular formula is C9H11NO5. The summed E-state index contributed by atoms with van der Waals surface area (Å²) in [5.41, 5.74) is 0.249. The Morgan fingerprint density at radius 2 is 2.27 bits per heavy atom. The van der Waals surface area contributed by atoms with E-state index in [4.69, 9.17) is 10.2 Å². The normalized spacial score (nSPS) is 12.1. The third-order valence-corrected chi connectivity index (χ3v) is 1.80. The van der Waals surface area contributed by atoms with Crippen molar-refractivity contribution in [2.75, 3.05) is 6.61 Å².